The van der Waals surface area contributed by atoms with Crippen molar-refractivity contribution in [2.75, 3.05) is 36.8 Å². The van der Waals surface area contributed by atoms with Crippen molar-refractivity contribution >= 4 is 27.6 Å². The van der Waals surface area contributed by atoms with E-state index in [2.05, 4.69) is 0 Å². The molecule has 0 bridgehead atoms. The van der Waals surface area contributed by atoms with Crippen molar-refractivity contribution in [2.24, 2.45) is 0 Å². The molecule has 0 unspecified atom stereocenters. The Morgan fingerprint density at radius 1 is 1.16 bits per heavy atom. The molecule has 7 nitrogen and oxygen atoms in total. The van der Waals surface area contributed by atoms with E-state index in [-0.39, 0.29) is 30.3 Å². The highest BCUT2D eigenvalue weighted by molar-refractivity contribution is 7.92. The minimum Gasteiger partial charge on any atom is -0.462 e. The fourth-order valence-corrected chi connectivity index (χ4v) is 3.68. The van der Waals surface area contributed by atoms with E-state index < -0.39 is 16.0 Å². The van der Waals surface area contributed by atoms with Crippen LogP contribution in [0.4, 0.5) is 5.69 Å². The summed E-state index contributed by atoms with van der Waals surface area (Å²) in [6, 6.07) is 6.26. The minimum absolute atomic E-state index is 0.126. The second kappa shape index (κ2) is 8.33. The largest absolute Gasteiger partial charge is 0.462 e. The molecular formula is C17H24N2O5S. The van der Waals surface area contributed by atoms with Crippen LogP contribution in [0.3, 0.4) is 0 Å². The minimum atomic E-state index is -3.74. The molecule has 1 aliphatic rings. The highest BCUT2D eigenvalue weighted by Crippen LogP contribution is 2.24. The van der Waals surface area contributed by atoms with Gasteiger partial charge in [-0.3, -0.25) is 9.10 Å². The van der Waals surface area contributed by atoms with Crippen molar-refractivity contribution in [1.82, 2.24) is 4.90 Å². The maximum absolute atomic E-state index is 12.5. The van der Waals surface area contributed by atoms with E-state index in [1.165, 1.54) is 12.1 Å². The Labute approximate surface area is 148 Å². The standard InChI is InChI=1S/C17H24N2O5S/c1-3-24-17(21)14-9-5-6-10-15(14)19(25(2,22)23)13-16(20)18-11-7-4-8-12-18/h5-6,9-10H,3-4,7-8,11-13H2,1-2H3. The smallest absolute Gasteiger partial charge is 0.340 e. The molecule has 2 rings (SSSR count). The van der Waals surface area contributed by atoms with Gasteiger partial charge in [-0.15, -0.1) is 0 Å². The number of anilines is 1. The molecule has 25 heavy (non-hydrogen) atoms. The van der Waals surface area contributed by atoms with Crippen LogP contribution in [-0.4, -0.2) is 57.7 Å². The normalized spacial score (nSPS) is 14.9. The zero-order chi connectivity index (χ0) is 18.4. The van der Waals surface area contributed by atoms with E-state index in [0.29, 0.717) is 13.1 Å². The molecule has 0 N–H and O–H groups in total. The Balaban J connectivity index is 2.32. The van der Waals surface area contributed by atoms with Gasteiger partial charge in [-0.05, 0) is 38.3 Å². The van der Waals surface area contributed by atoms with Crippen LogP contribution in [0.5, 0.6) is 0 Å². The summed E-state index contributed by atoms with van der Waals surface area (Å²) in [5, 5.41) is 0. The Morgan fingerprint density at radius 2 is 1.80 bits per heavy atom. The quantitative estimate of drug-likeness (QED) is 0.713. The summed E-state index contributed by atoms with van der Waals surface area (Å²) in [6.45, 7) is 2.80. The van der Waals surface area contributed by atoms with Gasteiger partial charge in [-0.2, -0.15) is 0 Å². The molecule has 0 spiro atoms. The van der Waals surface area contributed by atoms with Crippen molar-refractivity contribution in [3.63, 3.8) is 0 Å². The number of carbonyl (C=O) groups excluding carboxylic acids is 2. The van der Waals surface area contributed by atoms with E-state index in [1.807, 2.05) is 0 Å². The fraction of sp³-hybridized carbons (Fsp3) is 0.529. The first kappa shape index (κ1) is 19.2. The molecule has 138 valence electrons. The zero-order valence-electron chi connectivity index (χ0n) is 14.6. The molecule has 1 aromatic rings. The van der Waals surface area contributed by atoms with Gasteiger partial charge in [0.05, 0.1) is 24.1 Å². The van der Waals surface area contributed by atoms with Gasteiger partial charge in [-0.1, -0.05) is 12.1 Å². The van der Waals surface area contributed by atoms with E-state index in [1.54, 1.807) is 24.0 Å². The van der Waals surface area contributed by atoms with Gasteiger partial charge >= 0.3 is 5.97 Å². The van der Waals surface area contributed by atoms with Crippen molar-refractivity contribution in [3.8, 4) is 0 Å². The lowest BCUT2D eigenvalue weighted by Crippen LogP contribution is -2.45. The van der Waals surface area contributed by atoms with E-state index in [4.69, 9.17) is 4.74 Å². The third kappa shape index (κ3) is 4.94. The molecule has 0 aliphatic carbocycles. The topological polar surface area (TPSA) is 84.0 Å². The molecule has 0 aromatic heterocycles. The first-order valence-corrected chi connectivity index (χ1v) is 10.2. The monoisotopic (exact) mass is 368 g/mol. The fourth-order valence-electron chi connectivity index (χ4n) is 2.82. The number of hydrogen-bond donors (Lipinski definition) is 0. The van der Waals surface area contributed by atoms with Crippen molar-refractivity contribution in [2.45, 2.75) is 26.2 Å². The van der Waals surface area contributed by atoms with Gasteiger partial charge in [0, 0.05) is 13.1 Å². The number of ether oxygens (including phenoxy) is 1. The van der Waals surface area contributed by atoms with Crippen molar-refractivity contribution in [1.29, 1.82) is 0 Å². The Bertz CT molecular complexity index is 726. The van der Waals surface area contributed by atoms with Crippen LogP contribution in [-0.2, 0) is 19.6 Å². The first-order chi connectivity index (χ1) is 11.8. The van der Waals surface area contributed by atoms with Gasteiger partial charge in [0.1, 0.15) is 6.54 Å². The summed E-state index contributed by atoms with van der Waals surface area (Å²) in [6.07, 6.45) is 3.94. The van der Waals surface area contributed by atoms with Gasteiger partial charge in [0.15, 0.2) is 0 Å². The van der Waals surface area contributed by atoms with Crippen LogP contribution < -0.4 is 4.31 Å². The lowest BCUT2D eigenvalue weighted by molar-refractivity contribution is -0.130. The molecule has 1 heterocycles. The molecule has 0 atom stereocenters. The van der Waals surface area contributed by atoms with E-state index in [0.717, 1.165) is 29.8 Å². The second-order valence-electron chi connectivity index (χ2n) is 5.95. The summed E-state index contributed by atoms with van der Waals surface area (Å²) < 4.78 is 30.6. The number of carbonyl (C=O) groups is 2. The van der Waals surface area contributed by atoms with Crippen LogP contribution in [0.25, 0.3) is 0 Å². The number of hydrogen-bond acceptors (Lipinski definition) is 5. The predicted molar refractivity (Wildman–Crippen MR) is 95.0 cm³/mol. The van der Waals surface area contributed by atoms with Gasteiger partial charge in [0.2, 0.25) is 15.9 Å². The molecule has 0 saturated carbocycles. The maximum atomic E-state index is 12.5. The van der Waals surface area contributed by atoms with E-state index >= 15 is 0 Å². The van der Waals surface area contributed by atoms with Crippen LogP contribution in [0, 0.1) is 0 Å². The number of benzene rings is 1. The molecule has 1 fully saturated rings. The SMILES string of the molecule is CCOC(=O)c1ccccc1N(CC(=O)N1CCCCC1)S(C)(=O)=O. The number of para-hydroxylation sites is 1. The third-order valence-corrected chi connectivity index (χ3v) is 5.18. The van der Waals surface area contributed by atoms with Crippen LogP contribution in [0.2, 0.25) is 0 Å². The predicted octanol–water partition coefficient (Wildman–Crippen LogP) is 1.64. The third-order valence-electron chi connectivity index (χ3n) is 4.06. The zero-order valence-corrected chi connectivity index (χ0v) is 15.4. The van der Waals surface area contributed by atoms with Crippen LogP contribution >= 0.6 is 0 Å². The Kier molecular flexibility index (Phi) is 6.41. The van der Waals surface area contributed by atoms with Crippen LogP contribution in [0.15, 0.2) is 24.3 Å². The molecule has 1 aliphatic heterocycles. The second-order valence-corrected chi connectivity index (χ2v) is 7.86. The number of rotatable bonds is 6. The average Bonchev–Trinajstić information content (AvgIpc) is 2.59. The first-order valence-electron chi connectivity index (χ1n) is 8.36. The lowest BCUT2D eigenvalue weighted by Gasteiger charge is -2.30. The molecule has 1 amide bonds. The average molecular weight is 368 g/mol. The number of piperidine rings is 1. The van der Waals surface area contributed by atoms with Crippen molar-refractivity contribution in [3.05, 3.63) is 29.8 Å². The molecule has 1 aromatic carbocycles. The maximum Gasteiger partial charge on any atom is 0.340 e. The number of esters is 1. The summed E-state index contributed by atoms with van der Waals surface area (Å²) >= 11 is 0. The number of likely N-dealkylation sites (tertiary alicyclic amines) is 1. The summed E-state index contributed by atoms with van der Waals surface area (Å²) in [5.41, 5.74) is 0.287. The highest BCUT2D eigenvalue weighted by atomic mass is 32.2. The summed E-state index contributed by atoms with van der Waals surface area (Å²) in [7, 11) is -3.74. The van der Waals surface area contributed by atoms with Gasteiger partial charge < -0.3 is 9.64 Å². The van der Waals surface area contributed by atoms with Crippen molar-refractivity contribution < 1.29 is 22.7 Å². The van der Waals surface area contributed by atoms with Gasteiger partial charge in [-0.25, -0.2) is 13.2 Å². The van der Waals surface area contributed by atoms with E-state index in [9.17, 15) is 18.0 Å². The number of amides is 1. The molecular weight excluding hydrogens is 344 g/mol. The summed E-state index contributed by atoms with van der Waals surface area (Å²) in [5.74, 6) is -0.874. The number of sulfonamides is 1. The number of nitrogens with zero attached hydrogens (tertiary/aromatic N) is 2. The Morgan fingerprint density at radius 3 is 2.40 bits per heavy atom. The molecule has 1 saturated heterocycles. The lowest BCUT2D eigenvalue weighted by atomic mass is 10.1. The van der Waals surface area contributed by atoms with Crippen LogP contribution in [0.1, 0.15) is 36.5 Å². The highest BCUT2D eigenvalue weighted by Gasteiger charge is 2.28. The van der Waals surface area contributed by atoms with Gasteiger partial charge in [0.25, 0.3) is 0 Å². The summed E-state index contributed by atoms with van der Waals surface area (Å²) in [4.78, 5) is 26.4. The Hall–Kier alpha value is -2.09. The molecule has 8 heteroatoms. The molecule has 0 radical (unpaired) electrons.